The van der Waals surface area contributed by atoms with Crippen LogP contribution in [0.1, 0.15) is 55.2 Å². The van der Waals surface area contributed by atoms with Gasteiger partial charge in [0, 0.05) is 25.8 Å². The van der Waals surface area contributed by atoms with E-state index in [0.29, 0.717) is 19.5 Å². The highest BCUT2D eigenvalue weighted by Crippen LogP contribution is 2.29. The number of hydrogen-bond donors (Lipinski definition) is 2. The van der Waals surface area contributed by atoms with Crippen LogP contribution >= 0.6 is 0 Å². The second-order valence-corrected chi connectivity index (χ2v) is 7.63. The number of carbonyl (C=O) groups is 3. The number of nitrogens with one attached hydrogen (secondary N) is 1. The predicted molar refractivity (Wildman–Crippen MR) is 121 cm³/mol. The van der Waals surface area contributed by atoms with Crippen molar-refractivity contribution in [3.05, 3.63) is 65.2 Å². The summed E-state index contributed by atoms with van der Waals surface area (Å²) in [5.74, 6) is -1.05. The Morgan fingerprint density at radius 3 is 2.35 bits per heavy atom. The van der Waals surface area contributed by atoms with Crippen LogP contribution in [0.4, 0.5) is 5.69 Å². The number of aliphatic carboxylic acids is 1. The molecule has 0 aliphatic carbocycles. The van der Waals surface area contributed by atoms with E-state index in [4.69, 9.17) is 5.11 Å². The number of hydrogen-bond acceptors (Lipinski definition) is 3. The number of carboxylic acids is 1. The van der Waals surface area contributed by atoms with Crippen LogP contribution in [-0.2, 0) is 20.9 Å². The largest absolute Gasteiger partial charge is 0.481 e. The van der Waals surface area contributed by atoms with Crippen molar-refractivity contribution in [3.8, 4) is 0 Å². The van der Waals surface area contributed by atoms with Crippen molar-refractivity contribution < 1.29 is 19.5 Å². The van der Waals surface area contributed by atoms with E-state index in [1.54, 1.807) is 4.90 Å². The standard InChI is InChI=1S/C25H28N2O4/c28-23(26-17-7-1-2-12-25(30)31)15-16-24(29)27-18-21-10-4-3-8-19(21)13-14-20-9-5-6-11-22(20)27/h3-6,8-11,13-14H,1-2,7,12,15-18H2,(H,26,28)(H,30,31)/b14-13-. The number of fused-ring (bicyclic) bond motifs is 2. The molecule has 0 spiro atoms. The van der Waals surface area contributed by atoms with Gasteiger partial charge in [-0.1, -0.05) is 61.0 Å². The molecule has 6 heteroatoms. The van der Waals surface area contributed by atoms with E-state index in [1.165, 1.54) is 0 Å². The second kappa shape index (κ2) is 11.1. The summed E-state index contributed by atoms with van der Waals surface area (Å²) >= 11 is 0. The molecule has 2 aromatic rings. The molecule has 0 atom stereocenters. The van der Waals surface area contributed by atoms with Gasteiger partial charge in [-0.2, -0.15) is 0 Å². The molecule has 2 amide bonds. The van der Waals surface area contributed by atoms with Gasteiger partial charge in [0.15, 0.2) is 0 Å². The molecule has 1 heterocycles. The molecule has 3 rings (SSSR count). The third-order valence-electron chi connectivity index (χ3n) is 5.31. The first kappa shape index (κ1) is 22.3. The zero-order valence-corrected chi connectivity index (χ0v) is 17.5. The number of carbonyl (C=O) groups excluding carboxylic acids is 2. The first-order valence-electron chi connectivity index (χ1n) is 10.7. The Morgan fingerprint density at radius 2 is 1.55 bits per heavy atom. The molecule has 0 radical (unpaired) electrons. The van der Waals surface area contributed by atoms with E-state index in [1.807, 2.05) is 54.6 Å². The summed E-state index contributed by atoms with van der Waals surface area (Å²) in [6.07, 6.45) is 6.59. The van der Waals surface area contributed by atoms with Gasteiger partial charge in [-0.3, -0.25) is 14.4 Å². The van der Waals surface area contributed by atoms with Crippen molar-refractivity contribution in [2.45, 2.75) is 45.1 Å². The smallest absolute Gasteiger partial charge is 0.303 e. The first-order chi connectivity index (χ1) is 15.0. The summed E-state index contributed by atoms with van der Waals surface area (Å²) in [6, 6.07) is 15.8. The zero-order valence-electron chi connectivity index (χ0n) is 17.5. The maximum absolute atomic E-state index is 13.1. The van der Waals surface area contributed by atoms with Crippen LogP contribution in [0.3, 0.4) is 0 Å². The van der Waals surface area contributed by atoms with Crippen LogP contribution in [0.25, 0.3) is 12.2 Å². The summed E-state index contributed by atoms with van der Waals surface area (Å²) in [5.41, 5.74) is 3.95. The number of carboxylic acid groups (broad SMARTS) is 1. The van der Waals surface area contributed by atoms with E-state index in [9.17, 15) is 14.4 Å². The van der Waals surface area contributed by atoms with Gasteiger partial charge in [-0.25, -0.2) is 0 Å². The Hall–Kier alpha value is -3.41. The molecular formula is C25H28N2O4. The van der Waals surface area contributed by atoms with Gasteiger partial charge in [0.25, 0.3) is 0 Å². The molecule has 0 bridgehead atoms. The molecule has 2 aromatic carbocycles. The Balaban J connectivity index is 1.57. The first-order valence-corrected chi connectivity index (χ1v) is 10.7. The van der Waals surface area contributed by atoms with Crippen molar-refractivity contribution in [2.75, 3.05) is 11.4 Å². The Bertz CT molecular complexity index is 967. The lowest BCUT2D eigenvalue weighted by Gasteiger charge is -2.27. The number of para-hydroxylation sites is 1. The topological polar surface area (TPSA) is 86.7 Å². The van der Waals surface area contributed by atoms with Crippen molar-refractivity contribution in [3.63, 3.8) is 0 Å². The molecule has 31 heavy (non-hydrogen) atoms. The van der Waals surface area contributed by atoms with Crippen LogP contribution in [0.2, 0.25) is 0 Å². The summed E-state index contributed by atoms with van der Waals surface area (Å²) in [4.78, 5) is 37.5. The monoisotopic (exact) mass is 420 g/mol. The number of benzene rings is 2. The summed E-state index contributed by atoms with van der Waals surface area (Å²) in [7, 11) is 0. The van der Waals surface area contributed by atoms with Gasteiger partial charge < -0.3 is 15.3 Å². The predicted octanol–water partition coefficient (Wildman–Crippen LogP) is 4.25. The molecular weight excluding hydrogens is 392 g/mol. The van der Waals surface area contributed by atoms with Crippen molar-refractivity contribution in [2.24, 2.45) is 0 Å². The molecule has 1 aliphatic heterocycles. The normalized spacial score (nSPS) is 13.4. The van der Waals surface area contributed by atoms with Crippen molar-refractivity contribution in [1.29, 1.82) is 0 Å². The molecule has 0 saturated carbocycles. The highest BCUT2D eigenvalue weighted by molar-refractivity contribution is 5.98. The highest BCUT2D eigenvalue weighted by atomic mass is 16.4. The van der Waals surface area contributed by atoms with Gasteiger partial charge in [0.1, 0.15) is 0 Å². The van der Waals surface area contributed by atoms with Crippen LogP contribution in [0, 0.1) is 0 Å². The number of unbranched alkanes of at least 4 members (excludes halogenated alkanes) is 2. The van der Waals surface area contributed by atoms with E-state index in [-0.39, 0.29) is 31.1 Å². The van der Waals surface area contributed by atoms with Gasteiger partial charge in [0.05, 0.1) is 12.2 Å². The minimum absolute atomic E-state index is 0.0887. The molecule has 6 nitrogen and oxygen atoms in total. The van der Waals surface area contributed by atoms with Gasteiger partial charge >= 0.3 is 5.97 Å². The average molecular weight is 421 g/mol. The molecule has 0 fully saturated rings. The maximum Gasteiger partial charge on any atom is 0.303 e. The Kier molecular flexibility index (Phi) is 7.98. The average Bonchev–Trinajstić information content (AvgIpc) is 2.76. The summed E-state index contributed by atoms with van der Waals surface area (Å²) < 4.78 is 0. The molecule has 2 N–H and O–H groups in total. The van der Waals surface area contributed by atoms with Crippen molar-refractivity contribution in [1.82, 2.24) is 5.32 Å². The molecule has 162 valence electrons. The SMILES string of the molecule is O=C(O)CCCCCNC(=O)CCC(=O)N1Cc2ccccc2/C=C\c2ccccc21. The lowest BCUT2D eigenvalue weighted by atomic mass is 10.0. The molecule has 0 unspecified atom stereocenters. The lowest BCUT2D eigenvalue weighted by Crippen LogP contribution is -2.33. The maximum atomic E-state index is 13.1. The minimum atomic E-state index is -0.800. The van der Waals surface area contributed by atoms with E-state index >= 15 is 0 Å². The van der Waals surface area contributed by atoms with E-state index in [0.717, 1.165) is 35.2 Å². The van der Waals surface area contributed by atoms with Gasteiger partial charge in [-0.15, -0.1) is 0 Å². The molecule has 0 aromatic heterocycles. The zero-order chi connectivity index (χ0) is 22.1. The Morgan fingerprint density at radius 1 is 0.839 bits per heavy atom. The number of amides is 2. The third-order valence-corrected chi connectivity index (χ3v) is 5.31. The van der Waals surface area contributed by atoms with Crippen LogP contribution in [0.15, 0.2) is 48.5 Å². The molecule has 1 aliphatic rings. The third kappa shape index (κ3) is 6.54. The fourth-order valence-corrected chi connectivity index (χ4v) is 3.62. The fraction of sp³-hybridized carbons (Fsp3) is 0.320. The Labute approximate surface area is 182 Å². The number of nitrogens with zero attached hydrogens (tertiary/aromatic N) is 1. The van der Waals surface area contributed by atoms with Crippen LogP contribution in [0.5, 0.6) is 0 Å². The number of anilines is 1. The van der Waals surface area contributed by atoms with Crippen molar-refractivity contribution >= 4 is 35.6 Å². The van der Waals surface area contributed by atoms with Crippen LogP contribution < -0.4 is 10.2 Å². The second-order valence-electron chi connectivity index (χ2n) is 7.63. The van der Waals surface area contributed by atoms with Crippen LogP contribution in [-0.4, -0.2) is 29.4 Å². The summed E-state index contributed by atoms with van der Waals surface area (Å²) in [6.45, 7) is 0.957. The lowest BCUT2D eigenvalue weighted by molar-refractivity contribution is -0.137. The molecule has 0 saturated heterocycles. The minimum Gasteiger partial charge on any atom is -0.481 e. The van der Waals surface area contributed by atoms with Gasteiger partial charge in [-0.05, 0) is 35.6 Å². The highest BCUT2D eigenvalue weighted by Gasteiger charge is 2.21. The van der Waals surface area contributed by atoms with E-state index in [2.05, 4.69) is 11.4 Å². The number of rotatable bonds is 9. The van der Waals surface area contributed by atoms with Gasteiger partial charge in [0.2, 0.25) is 11.8 Å². The summed E-state index contributed by atoms with van der Waals surface area (Å²) in [5, 5.41) is 11.4. The quantitative estimate of drug-likeness (QED) is 0.594. The van der Waals surface area contributed by atoms with E-state index < -0.39 is 5.97 Å². The fourth-order valence-electron chi connectivity index (χ4n) is 3.62.